The number of hydrogen-bond acceptors (Lipinski definition) is 5. The average molecular weight is 388 g/mol. The molecule has 2 aliphatic heterocycles. The second-order valence-electron chi connectivity index (χ2n) is 7.68. The lowest BCUT2D eigenvalue weighted by atomic mass is 9.94. The first-order valence-electron chi connectivity index (χ1n) is 10.2. The number of carbonyl (C=O) groups is 1. The molecular formula is C22H24N6O. The maximum Gasteiger partial charge on any atom is 0.226 e. The first-order chi connectivity index (χ1) is 14.3. The Morgan fingerprint density at radius 3 is 2.66 bits per heavy atom. The molecule has 3 aromatic rings. The third kappa shape index (κ3) is 3.60. The fraction of sp³-hybridized carbons (Fsp3) is 0.364. The van der Waals surface area contributed by atoms with Crippen LogP contribution in [-0.4, -0.2) is 56.5 Å². The Hall–Kier alpha value is -3.22. The van der Waals surface area contributed by atoms with Crippen LogP contribution < -0.4 is 4.90 Å². The molecule has 7 nitrogen and oxygen atoms in total. The van der Waals surface area contributed by atoms with Crippen LogP contribution in [0.2, 0.25) is 0 Å². The Balaban J connectivity index is 1.22. The Labute approximate surface area is 170 Å². The fourth-order valence-corrected chi connectivity index (χ4v) is 4.25. The topological polar surface area (TPSA) is 67.2 Å². The number of hydrogen-bond donors (Lipinski definition) is 0. The molecule has 0 N–H and O–H groups in total. The third-order valence-corrected chi connectivity index (χ3v) is 5.91. The van der Waals surface area contributed by atoms with E-state index in [4.69, 9.17) is 4.98 Å². The van der Waals surface area contributed by atoms with Crippen LogP contribution in [0.5, 0.6) is 0 Å². The van der Waals surface area contributed by atoms with Gasteiger partial charge in [-0.3, -0.25) is 4.79 Å². The van der Waals surface area contributed by atoms with Gasteiger partial charge in [-0.05, 0) is 12.5 Å². The summed E-state index contributed by atoms with van der Waals surface area (Å²) in [6.07, 6.45) is 7.25. The summed E-state index contributed by atoms with van der Waals surface area (Å²) < 4.78 is 2.15. The molecule has 4 heterocycles. The molecule has 1 unspecified atom stereocenters. The number of rotatable bonds is 3. The summed E-state index contributed by atoms with van der Waals surface area (Å²) in [6.45, 7) is 3.94. The quantitative estimate of drug-likeness (QED) is 0.689. The van der Waals surface area contributed by atoms with Crippen molar-refractivity contribution in [2.75, 3.05) is 31.1 Å². The molecule has 1 amide bonds. The molecule has 1 fully saturated rings. The molecule has 5 rings (SSSR count). The van der Waals surface area contributed by atoms with Crippen LogP contribution in [0.25, 0.3) is 11.4 Å². The van der Waals surface area contributed by atoms with Crippen molar-refractivity contribution in [3.63, 3.8) is 0 Å². The van der Waals surface area contributed by atoms with E-state index in [1.165, 1.54) is 5.69 Å². The van der Waals surface area contributed by atoms with E-state index in [0.717, 1.165) is 62.8 Å². The molecule has 2 aliphatic rings. The van der Waals surface area contributed by atoms with Crippen molar-refractivity contribution < 1.29 is 4.79 Å². The Kier molecular flexibility index (Phi) is 4.71. The van der Waals surface area contributed by atoms with E-state index in [-0.39, 0.29) is 11.8 Å². The lowest BCUT2D eigenvalue weighted by Crippen LogP contribution is -2.51. The highest BCUT2D eigenvalue weighted by atomic mass is 16.2. The van der Waals surface area contributed by atoms with Crippen molar-refractivity contribution in [1.82, 2.24) is 24.4 Å². The molecule has 0 bridgehead atoms. The number of aryl methyl sites for hydroxylation is 1. The normalized spacial score (nSPS) is 19.1. The van der Waals surface area contributed by atoms with Crippen LogP contribution in [-0.2, 0) is 17.8 Å². The van der Waals surface area contributed by atoms with Crippen LogP contribution >= 0.6 is 0 Å². The molecule has 0 radical (unpaired) electrons. The molecule has 1 aromatic carbocycles. The van der Waals surface area contributed by atoms with Crippen LogP contribution in [0, 0.1) is 5.92 Å². The van der Waals surface area contributed by atoms with Gasteiger partial charge in [0.25, 0.3) is 0 Å². The summed E-state index contributed by atoms with van der Waals surface area (Å²) in [6, 6.07) is 12.0. The fourth-order valence-electron chi connectivity index (χ4n) is 4.25. The van der Waals surface area contributed by atoms with E-state index in [9.17, 15) is 4.79 Å². The minimum Gasteiger partial charge on any atom is -0.353 e. The van der Waals surface area contributed by atoms with Gasteiger partial charge in [-0.25, -0.2) is 15.0 Å². The molecular weight excluding hydrogens is 364 g/mol. The van der Waals surface area contributed by atoms with Crippen molar-refractivity contribution >= 4 is 11.7 Å². The third-order valence-electron chi connectivity index (χ3n) is 5.91. The predicted octanol–water partition coefficient (Wildman–Crippen LogP) is 2.25. The van der Waals surface area contributed by atoms with Gasteiger partial charge in [0.1, 0.15) is 5.82 Å². The average Bonchev–Trinajstić information content (AvgIpc) is 3.27. The SMILES string of the molecule is O=C(C1CCn2cncc2C1)N1CCN(c2ccnc(-c3ccccc3)n2)CC1. The molecule has 0 spiro atoms. The molecule has 148 valence electrons. The second-order valence-corrected chi connectivity index (χ2v) is 7.68. The maximum atomic E-state index is 13.0. The number of fused-ring (bicyclic) bond motifs is 1. The largest absolute Gasteiger partial charge is 0.353 e. The summed E-state index contributed by atoms with van der Waals surface area (Å²) in [5, 5.41) is 0. The van der Waals surface area contributed by atoms with Gasteiger partial charge < -0.3 is 14.4 Å². The smallest absolute Gasteiger partial charge is 0.226 e. The highest BCUT2D eigenvalue weighted by molar-refractivity contribution is 5.79. The Morgan fingerprint density at radius 1 is 1.00 bits per heavy atom. The summed E-state index contributed by atoms with van der Waals surface area (Å²) in [5.41, 5.74) is 2.18. The predicted molar refractivity (Wildman–Crippen MR) is 110 cm³/mol. The first kappa shape index (κ1) is 17.8. The number of imidazole rings is 1. The lowest BCUT2D eigenvalue weighted by Gasteiger charge is -2.37. The number of carbonyl (C=O) groups excluding carboxylic acids is 1. The number of piperazine rings is 1. The van der Waals surface area contributed by atoms with Gasteiger partial charge in [0.2, 0.25) is 5.91 Å². The number of anilines is 1. The molecule has 1 saturated heterocycles. The number of benzene rings is 1. The van der Waals surface area contributed by atoms with Gasteiger partial charge in [-0.1, -0.05) is 30.3 Å². The number of aromatic nitrogens is 4. The molecule has 0 saturated carbocycles. The zero-order valence-corrected chi connectivity index (χ0v) is 16.3. The van der Waals surface area contributed by atoms with E-state index < -0.39 is 0 Å². The van der Waals surface area contributed by atoms with E-state index in [2.05, 4.69) is 19.4 Å². The summed E-state index contributed by atoms with van der Waals surface area (Å²) >= 11 is 0. The highest BCUT2D eigenvalue weighted by Gasteiger charge is 2.30. The molecule has 29 heavy (non-hydrogen) atoms. The zero-order chi connectivity index (χ0) is 19.6. The van der Waals surface area contributed by atoms with Crippen molar-refractivity contribution in [2.45, 2.75) is 19.4 Å². The van der Waals surface area contributed by atoms with Crippen LogP contribution in [0.15, 0.2) is 55.1 Å². The van der Waals surface area contributed by atoms with Crippen LogP contribution in [0.1, 0.15) is 12.1 Å². The van der Waals surface area contributed by atoms with Gasteiger partial charge in [0, 0.05) is 68.7 Å². The van der Waals surface area contributed by atoms with Gasteiger partial charge in [-0.15, -0.1) is 0 Å². The monoisotopic (exact) mass is 388 g/mol. The molecule has 2 aromatic heterocycles. The van der Waals surface area contributed by atoms with Gasteiger partial charge in [0.05, 0.1) is 6.33 Å². The van der Waals surface area contributed by atoms with E-state index in [1.54, 1.807) is 0 Å². The molecule has 7 heteroatoms. The zero-order valence-electron chi connectivity index (χ0n) is 16.3. The molecule has 1 atom stereocenters. The van der Waals surface area contributed by atoms with Crippen molar-refractivity contribution in [3.8, 4) is 11.4 Å². The second kappa shape index (κ2) is 7.66. The van der Waals surface area contributed by atoms with E-state index in [0.29, 0.717) is 0 Å². The van der Waals surface area contributed by atoms with Gasteiger partial charge >= 0.3 is 0 Å². The number of nitrogens with zero attached hydrogens (tertiary/aromatic N) is 6. The minimum atomic E-state index is 0.0782. The van der Waals surface area contributed by atoms with Crippen LogP contribution in [0.3, 0.4) is 0 Å². The summed E-state index contributed by atoms with van der Waals surface area (Å²) in [4.78, 5) is 30.6. The van der Waals surface area contributed by atoms with Crippen molar-refractivity contribution in [3.05, 3.63) is 60.8 Å². The first-order valence-corrected chi connectivity index (χ1v) is 10.2. The summed E-state index contributed by atoms with van der Waals surface area (Å²) in [5.74, 6) is 2.02. The Bertz CT molecular complexity index is 993. The van der Waals surface area contributed by atoms with E-state index in [1.807, 2.05) is 60.0 Å². The van der Waals surface area contributed by atoms with Crippen LogP contribution in [0.4, 0.5) is 5.82 Å². The lowest BCUT2D eigenvalue weighted by molar-refractivity contribution is -0.136. The standard InChI is InChI=1S/C22H24N6O/c29-22(18-7-9-28-16-23-15-19(28)14-18)27-12-10-26(11-13-27)20-6-8-24-21(25-20)17-4-2-1-3-5-17/h1-6,8,15-16,18H,7,9-14H2. The Morgan fingerprint density at radius 2 is 1.83 bits per heavy atom. The van der Waals surface area contributed by atoms with Gasteiger partial charge in [-0.2, -0.15) is 0 Å². The minimum absolute atomic E-state index is 0.0782. The highest BCUT2D eigenvalue weighted by Crippen LogP contribution is 2.24. The summed E-state index contributed by atoms with van der Waals surface area (Å²) in [7, 11) is 0. The maximum absolute atomic E-state index is 13.0. The molecule has 0 aliphatic carbocycles. The van der Waals surface area contributed by atoms with E-state index >= 15 is 0 Å². The van der Waals surface area contributed by atoms with Crippen molar-refractivity contribution in [1.29, 1.82) is 0 Å². The van der Waals surface area contributed by atoms with Crippen molar-refractivity contribution in [2.24, 2.45) is 5.92 Å². The van der Waals surface area contributed by atoms with Gasteiger partial charge in [0.15, 0.2) is 5.82 Å². The number of amides is 1.